The third-order valence-corrected chi connectivity index (χ3v) is 16.7. The van der Waals surface area contributed by atoms with Crippen molar-refractivity contribution in [2.24, 2.45) is 0 Å². The first kappa shape index (κ1) is 75.6. The van der Waals surface area contributed by atoms with E-state index in [1.54, 1.807) is 55.0 Å². The topological polar surface area (TPSA) is 281 Å². The van der Waals surface area contributed by atoms with E-state index in [0.29, 0.717) is 111 Å². The predicted molar refractivity (Wildman–Crippen MR) is 408 cm³/mol. The molecule has 0 saturated carbocycles. The number of morpholine rings is 2. The molecular weight excluding hydrogens is 1370 g/mol. The van der Waals surface area contributed by atoms with Gasteiger partial charge in [0.2, 0.25) is 11.8 Å². The fourth-order valence-corrected chi connectivity index (χ4v) is 11.3. The second-order valence-corrected chi connectivity index (χ2v) is 24.3. The molecule has 104 heavy (non-hydrogen) atoms. The highest BCUT2D eigenvalue weighted by Gasteiger charge is 2.22. The van der Waals surface area contributed by atoms with Crippen LogP contribution in [0.2, 0.25) is 5.02 Å². The lowest BCUT2D eigenvalue weighted by molar-refractivity contribution is -0.113. The molecule has 3 amide bonds. The number of halogens is 2. The average Bonchev–Trinajstić information content (AvgIpc) is 0.817. The Kier molecular flexibility index (Phi) is 27.9. The van der Waals surface area contributed by atoms with Crippen molar-refractivity contribution < 1.29 is 52.3 Å². The van der Waals surface area contributed by atoms with Crippen LogP contribution >= 0.6 is 23.2 Å². The third kappa shape index (κ3) is 21.5. The lowest BCUT2D eigenvalue weighted by atomic mass is 10.1. The minimum absolute atomic E-state index is 0. The van der Waals surface area contributed by atoms with Crippen molar-refractivity contribution in [1.29, 1.82) is 0 Å². The van der Waals surface area contributed by atoms with Crippen LogP contribution in [0, 0.1) is 0 Å². The summed E-state index contributed by atoms with van der Waals surface area (Å²) in [6.07, 6.45) is 12.9. The van der Waals surface area contributed by atoms with Crippen LogP contribution in [0.3, 0.4) is 0 Å². The molecule has 13 rings (SSSR count). The Morgan fingerprint density at radius 2 is 1.12 bits per heavy atom. The number of hydrogen-bond acceptors (Lipinski definition) is 22. The first-order valence-electron chi connectivity index (χ1n) is 33.4. The van der Waals surface area contributed by atoms with Crippen molar-refractivity contribution in [3.63, 3.8) is 0 Å². The molecule has 3 fully saturated rings. The zero-order valence-corrected chi connectivity index (χ0v) is 58.2. The summed E-state index contributed by atoms with van der Waals surface area (Å²) in [6.45, 7) is 21.3. The van der Waals surface area contributed by atoms with Gasteiger partial charge in [0, 0.05) is 117 Å². The van der Waals surface area contributed by atoms with Gasteiger partial charge in [0.15, 0.2) is 0 Å². The van der Waals surface area contributed by atoms with E-state index >= 15 is 0 Å². The fraction of sp³-hybridized carbons (Fsp3) is 0.260. The van der Waals surface area contributed by atoms with Gasteiger partial charge in [-0.3, -0.25) is 34.2 Å². The van der Waals surface area contributed by atoms with E-state index in [1.807, 2.05) is 98.0 Å². The van der Waals surface area contributed by atoms with Gasteiger partial charge in [0.05, 0.1) is 103 Å². The number of rotatable bonds is 27. The van der Waals surface area contributed by atoms with Crippen LogP contribution in [-0.4, -0.2) is 163 Å². The van der Waals surface area contributed by atoms with Crippen LogP contribution in [0.15, 0.2) is 196 Å². The maximum atomic E-state index is 12.4. The van der Waals surface area contributed by atoms with Gasteiger partial charge in [0.25, 0.3) is 5.91 Å². The molecule has 4 aromatic heterocycles. The standard InChI is InChI=1S/C30H31N5O4.C29H28Cl2N6O4.C17H19N3O3.CH4/c1-2-29(36)34-27-19-25-26(20-28(27)38-16-6-13-35-14-17-37-18-15-35)31-21-32-30(25)33-22-9-11-24(12-10-22)39-23-7-4-3-5-8-23;1-19(30)29(38)36-25-15-22-24(16-27(25)40-11-3-8-37-9-12-39-13-10-37)33-18-34-28(22)35-20-5-6-26(23(31)14-20)41-21-4-2-7-32-17-21;1-3-17(21)20-15-8-12-13(18-2)4-6-19-14(12)9-16(15)23-11-5-7-22-10-11;/h2-5,7-12,19-21H,1,6,13-18H2,(H,34,36)(H,31,32,33);2,4-7,14-18H,1,3,8-13H2,(H,36,38)(H,33,34,35);3-4,6,8-9,11H,1,5,7,10H2,2H3,(H,18,19)(H,20,21);1H4/t;;11-;/m..0./s1. The van der Waals surface area contributed by atoms with Crippen molar-refractivity contribution in [1.82, 2.24) is 39.7 Å². The molecule has 3 saturated heterocycles. The smallest absolute Gasteiger partial charge is 0.266 e. The maximum absolute atomic E-state index is 12.4. The zero-order valence-electron chi connectivity index (χ0n) is 56.7. The summed E-state index contributed by atoms with van der Waals surface area (Å²) < 4.78 is 46.0. The lowest BCUT2D eigenvalue weighted by Gasteiger charge is -2.26. The number of aromatic nitrogens is 6. The van der Waals surface area contributed by atoms with Crippen LogP contribution in [0.1, 0.15) is 26.7 Å². The van der Waals surface area contributed by atoms with E-state index < -0.39 is 5.91 Å². The quantitative estimate of drug-likeness (QED) is 0.0206. The molecule has 1 atom stereocenters. The summed E-state index contributed by atoms with van der Waals surface area (Å²) >= 11 is 12.3. The molecule has 7 heterocycles. The molecule has 3 aliphatic heterocycles. The van der Waals surface area contributed by atoms with Gasteiger partial charge in [-0.05, 0) is 116 Å². The molecule has 0 aliphatic carbocycles. The normalized spacial score (nSPS) is 14.2. The summed E-state index contributed by atoms with van der Waals surface area (Å²) in [6, 6.07) is 38.8. The van der Waals surface area contributed by atoms with Gasteiger partial charge < -0.3 is 69.8 Å². The number of nitrogens with one attached hydrogen (secondary N) is 6. The maximum Gasteiger partial charge on any atom is 0.266 e. The largest absolute Gasteiger partial charge is 0.491 e. The van der Waals surface area contributed by atoms with Gasteiger partial charge in [0.1, 0.15) is 70.6 Å². The van der Waals surface area contributed by atoms with Crippen molar-refractivity contribution in [3.8, 4) is 40.2 Å². The monoisotopic (exact) mass is 1450 g/mol. The van der Waals surface area contributed by atoms with E-state index in [-0.39, 0.29) is 30.4 Å². The highest BCUT2D eigenvalue weighted by molar-refractivity contribution is 6.43. The number of hydrogen-bond donors (Lipinski definition) is 6. The van der Waals surface area contributed by atoms with E-state index in [2.05, 4.69) is 91.3 Å². The number of benzene rings is 6. The minimum atomic E-state index is -0.536. The van der Waals surface area contributed by atoms with E-state index in [0.717, 1.165) is 124 Å². The Balaban J connectivity index is 0.000000173. The van der Waals surface area contributed by atoms with Gasteiger partial charge in [-0.25, -0.2) is 19.9 Å². The second-order valence-electron chi connectivity index (χ2n) is 23.4. The summed E-state index contributed by atoms with van der Waals surface area (Å²) in [5.74, 6) is 4.12. The van der Waals surface area contributed by atoms with Crippen LogP contribution < -0.4 is 55.6 Å². The number of carbonyl (C=O) groups excluding carboxylic acids is 3. The summed E-state index contributed by atoms with van der Waals surface area (Å²) in [4.78, 5) is 67.2. The second kappa shape index (κ2) is 38.3. The first-order chi connectivity index (χ1) is 50.3. The Morgan fingerprint density at radius 3 is 1.67 bits per heavy atom. The fourth-order valence-electron chi connectivity index (χ4n) is 11.0. The molecule has 10 aromatic rings. The summed E-state index contributed by atoms with van der Waals surface area (Å²) in [7, 11) is 1.84. The molecule has 27 heteroatoms. The Morgan fingerprint density at radius 1 is 0.567 bits per heavy atom. The van der Waals surface area contributed by atoms with E-state index in [9.17, 15) is 14.4 Å². The molecule has 540 valence electrons. The molecule has 6 aromatic carbocycles. The van der Waals surface area contributed by atoms with Crippen LogP contribution in [0.25, 0.3) is 32.7 Å². The Bertz CT molecular complexity index is 4570. The van der Waals surface area contributed by atoms with Gasteiger partial charge in [-0.2, -0.15) is 0 Å². The number of pyridine rings is 2. The van der Waals surface area contributed by atoms with Gasteiger partial charge >= 0.3 is 0 Å². The van der Waals surface area contributed by atoms with Crippen LogP contribution in [-0.2, 0) is 28.6 Å². The van der Waals surface area contributed by atoms with Crippen molar-refractivity contribution in [2.75, 3.05) is 131 Å². The van der Waals surface area contributed by atoms with Crippen LogP contribution in [0.5, 0.6) is 40.2 Å². The van der Waals surface area contributed by atoms with Crippen molar-refractivity contribution >= 4 is 119 Å². The van der Waals surface area contributed by atoms with Gasteiger partial charge in [-0.1, -0.05) is 68.6 Å². The molecule has 0 bridgehead atoms. The average molecular weight is 1450 g/mol. The van der Waals surface area contributed by atoms with Crippen LogP contribution in [0.4, 0.5) is 45.8 Å². The number of para-hydroxylation sites is 1. The van der Waals surface area contributed by atoms with Crippen molar-refractivity contribution in [2.45, 2.75) is 32.8 Å². The molecule has 0 radical (unpaired) electrons. The molecule has 3 aliphatic rings. The minimum Gasteiger partial charge on any atom is -0.491 e. The highest BCUT2D eigenvalue weighted by Crippen LogP contribution is 2.39. The number of carbonyl (C=O) groups is 3. The predicted octanol–water partition coefficient (Wildman–Crippen LogP) is 14.6. The summed E-state index contributed by atoms with van der Waals surface area (Å²) in [5.41, 5.74) is 6.09. The number of fused-ring (bicyclic) bond motifs is 3. The van der Waals surface area contributed by atoms with E-state index in [4.69, 9.17) is 61.1 Å². The molecular formula is C77H82Cl2N14O11. The van der Waals surface area contributed by atoms with Crippen molar-refractivity contribution in [3.05, 3.63) is 201 Å². The molecule has 6 N–H and O–H groups in total. The molecule has 0 unspecified atom stereocenters. The number of ether oxygens (including phenoxy) is 8. The molecule has 25 nitrogen and oxygen atoms in total. The zero-order chi connectivity index (χ0) is 71.7. The van der Waals surface area contributed by atoms with E-state index in [1.165, 1.54) is 24.8 Å². The number of amides is 3. The third-order valence-electron chi connectivity index (χ3n) is 16.3. The Labute approximate surface area is 612 Å². The molecule has 0 spiro atoms. The Hall–Kier alpha value is -11.0. The lowest BCUT2D eigenvalue weighted by Crippen LogP contribution is -2.37. The first-order valence-corrected chi connectivity index (χ1v) is 34.2. The SMILES string of the molecule is C.C=C(Cl)C(=O)Nc1cc2c(Nc3ccc(Oc4cccnc4)c(Cl)c3)ncnc2cc1OCCCN1CCOCC1.C=CC(=O)Nc1cc2c(NC)ccnc2cc1O[C@H]1CCOC1.C=CC(=O)Nc1cc2c(Nc3ccc(Oc4ccccc4)cc3)ncnc2cc1OCCCN1CCOCC1. The number of nitrogens with zero attached hydrogens (tertiary/aromatic N) is 8. The highest BCUT2D eigenvalue weighted by atomic mass is 35.5. The number of anilines is 8. The summed E-state index contributed by atoms with van der Waals surface area (Å²) in [5, 5.41) is 20.7. The van der Waals surface area contributed by atoms with Gasteiger partial charge in [-0.15, -0.1) is 0 Å².